The summed E-state index contributed by atoms with van der Waals surface area (Å²) in [6.07, 6.45) is 0.504. The number of aromatic amines is 1. The van der Waals surface area contributed by atoms with Gasteiger partial charge in [-0.1, -0.05) is 32.0 Å². The van der Waals surface area contributed by atoms with Gasteiger partial charge in [0.25, 0.3) is 0 Å². The molecule has 0 spiro atoms. The highest BCUT2D eigenvalue weighted by molar-refractivity contribution is 6.18. The van der Waals surface area contributed by atoms with Crippen molar-refractivity contribution in [2.45, 2.75) is 39.2 Å². The molecule has 33 heavy (non-hydrogen) atoms. The van der Waals surface area contributed by atoms with Gasteiger partial charge >= 0.3 is 12.1 Å². The van der Waals surface area contributed by atoms with Gasteiger partial charge in [-0.25, -0.2) is 9.59 Å². The second-order valence-corrected chi connectivity index (χ2v) is 8.88. The molecule has 0 aliphatic carbocycles. The number of aromatic nitrogens is 1. The van der Waals surface area contributed by atoms with Gasteiger partial charge in [-0.05, 0) is 54.9 Å². The molecule has 1 N–H and O–H groups in total. The highest BCUT2D eigenvalue weighted by Crippen LogP contribution is 2.40. The first-order valence-corrected chi connectivity index (χ1v) is 10.7. The van der Waals surface area contributed by atoms with Gasteiger partial charge in [-0.3, -0.25) is 4.90 Å². The molecule has 1 aliphatic rings. The molecular formula is C25H25N3O5. The van der Waals surface area contributed by atoms with Crippen LogP contribution in [0, 0.1) is 4.91 Å². The number of nitroso groups, excluding NO2 is 1. The number of para-hydroxylation sites is 1. The summed E-state index contributed by atoms with van der Waals surface area (Å²) in [7, 11) is 0. The van der Waals surface area contributed by atoms with Gasteiger partial charge in [-0.15, -0.1) is 4.91 Å². The third-order valence-electron chi connectivity index (χ3n) is 5.45. The standard InChI is InChI=1S/C25H25N3O5/c1-15(2)32-23(29)19-13-28(24(30)33-17-11-9-16(27-31)10-12-17)14-25(3,4)21-18-7-5-6-8-20(18)26-22(19)21/h5-13,15,26H,14H2,1-4H3. The van der Waals surface area contributed by atoms with Crippen molar-refractivity contribution < 1.29 is 19.1 Å². The van der Waals surface area contributed by atoms with E-state index in [4.69, 9.17) is 9.47 Å². The van der Waals surface area contributed by atoms with E-state index >= 15 is 0 Å². The van der Waals surface area contributed by atoms with E-state index in [2.05, 4.69) is 10.2 Å². The summed E-state index contributed by atoms with van der Waals surface area (Å²) in [6, 6.07) is 13.7. The Morgan fingerprint density at radius 3 is 2.45 bits per heavy atom. The summed E-state index contributed by atoms with van der Waals surface area (Å²) in [5.74, 6) is -0.271. The van der Waals surface area contributed by atoms with Crippen molar-refractivity contribution in [3.63, 3.8) is 0 Å². The second-order valence-electron chi connectivity index (χ2n) is 8.88. The number of hydrogen-bond donors (Lipinski definition) is 1. The van der Waals surface area contributed by atoms with E-state index in [0.717, 1.165) is 16.5 Å². The van der Waals surface area contributed by atoms with E-state index in [-0.39, 0.29) is 29.7 Å². The molecule has 0 atom stereocenters. The van der Waals surface area contributed by atoms with Gasteiger partial charge in [0.05, 0.1) is 17.4 Å². The monoisotopic (exact) mass is 447 g/mol. The van der Waals surface area contributed by atoms with Crippen molar-refractivity contribution in [2.75, 3.05) is 6.54 Å². The van der Waals surface area contributed by atoms with E-state index in [1.807, 2.05) is 38.1 Å². The Morgan fingerprint density at radius 1 is 1.09 bits per heavy atom. The lowest BCUT2D eigenvalue weighted by Crippen LogP contribution is -2.38. The van der Waals surface area contributed by atoms with E-state index in [1.165, 1.54) is 35.4 Å². The third kappa shape index (κ3) is 4.37. The van der Waals surface area contributed by atoms with Crippen molar-refractivity contribution in [2.24, 2.45) is 5.18 Å². The Morgan fingerprint density at radius 2 is 1.79 bits per heavy atom. The predicted octanol–water partition coefficient (Wildman–Crippen LogP) is 5.65. The highest BCUT2D eigenvalue weighted by atomic mass is 16.6. The number of esters is 1. The van der Waals surface area contributed by atoms with Crippen LogP contribution >= 0.6 is 0 Å². The van der Waals surface area contributed by atoms with Crippen LogP contribution in [-0.2, 0) is 14.9 Å². The number of amides is 1. The Kier molecular flexibility index (Phi) is 5.76. The van der Waals surface area contributed by atoms with Crippen LogP contribution in [0.15, 0.2) is 59.9 Å². The Balaban J connectivity index is 1.77. The minimum absolute atomic E-state index is 0.231. The Bertz CT molecular complexity index is 1250. The first kappa shape index (κ1) is 22.3. The molecule has 0 fully saturated rings. The Hall–Kier alpha value is -3.94. The van der Waals surface area contributed by atoms with Crippen molar-refractivity contribution in [1.29, 1.82) is 0 Å². The molecule has 4 rings (SSSR count). The number of hydrogen-bond acceptors (Lipinski definition) is 6. The summed E-state index contributed by atoms with van der Waals surface area (Å²) >= 11 is 0. The largest absolute Gasteiger partial charge is 0.459 e. The normalized spacial score (nSPS) is 14.9. The fraction of sp³-hybridized carbons (Fsp3) is 0.280. The van der Waals surface area contributed by atoms with Crippen LogP contribution in [0.2, 0.25) is 0 Å². The third-order valence-corrected chi connectivity index (χ3v) is 5.45. The summed E-state index contributed by atoms with van der Waals surface area (Å²) in [6.45, 7) is 7.85. The maximum atomic E-state index is 13.1. The maximum absolute atomic E-state index is 13.1. The SMILES string of the molecule is CC(C)OC(=O)C1=CN(C(=O)Oc2ccc(N=O)cc2)CC(C)(C)c2c1[nH]c1ccccc21. The number of ether oxygens (including phenoxy) is 2. The molecule has 170 valence electrons. The van der Waals surface area contributed by atoms with Crippen LogP contribution in [0.4, 0.5) is 10.5 Å². The molecule has 8 heteroatoms. The van der Waals surface area contributed by atoms with Gasteiger partial charge in [0.15, 0.2) is 0 Å². The molecule has 1 aliphatic heterocycles. The lowest BCUT2D eigenvalue weighted by molar-refractivity contribution is -0.140. The van der Waals surface area contributed by atoms with E-state index in [9.17, 15) is 14.5 Å². The highest BCUT2D eigenvalue weighted by Gasteiger charge is 2.38. The average molecular weight is 447 g/mol. The molecular weight excluding hydrogens is 422 g/mol. The second kappa shape index (κ2) is 8.54. The van der Waals surface area contributed by atoms with Crippen molar-refractivity contribution in [3.05, 3.63) is 70.9 Å². The van der Waals surface area contributed by atoms with Gasteiger partial charge in [0.1, 0.15) is 11.4 Å². The summed E-state index contributed by atoms with van der Waals surface area (Å²) in [4.78, 5) is 41.5. The molecule has 3 aromatic rings. The van der Waals surface area contributed by atoms with E-state index in [0.29, 0.717) is 5.69 Å². The van der Waals surface area contributed by atoms with E-state index in [1.54, 1.807) is 13.8 Å². The zero-order valence-corrected chi connectivity index (χ0v) is 18.9. The number of carbonyl (C=O) groups is 2. The van der Waals surface area contributed by atoms with Gasteiger partial charge < -0.3 is 14.5 Å². The quantitative estimate of drug-likeness (QED) is 0.411. The first-order valence-electron chi connectivity index (χ1n) is 10.7. The van der Waals surface area contributed by atoms with Gasteiger partial charge in [0.2, 0.25) is 0 Å². The summed E-state index contributed by atoms with van der Waals surface area (Å²) in [5.41, 5.74) is 2.42. The molecule has 0 bridgehead atoms. The zero-order valence-electron chi connectivity index (χ0n) is 18.9. The predicted molar refractivity (Wildman–Crippen MR) is 125 cm³/mol. The molecule has 8 nitrogen and oxygen atoms in total. The topological polar surface area (TPSA) is 101 Å². The Labute approximate surface area is 191 Å². The van der Waals surface area contributed by atoms with Gasteiger partial charge in [-0.2, -0.15) is 0 Å². The number of benzene rings is 2. The van der Waals surface area contributed by atoms with E-state index < -0.39 is 17.5 Å². The molecule has 2 heterocycles. The molecule has 0 saturated carbocycles. The molecule has 2 aromatic carbocycles. The number of fused-ring (bicyclic) bond motifs is 3. The molecule has 1 amide bonds. The lowest BCUT2D eigenvalue weighted by atomic mass is 9.82. The fourth-order valence-corrected chi connectivity index (χ4v) is 4.10. The minimum Gasteiger partial charge on any atom is -0.459 e. The number of carbonyl (C=O) groups excluding carboxylic acids is 2. The summed E-state index contributed by atoms with van der Waals surface area (Å²) < 4.78 is 11.0. The van der Waals surface area contributed by atoms with Crippen molar-refractivity contribution in [1.82, 2.24) is 9.88 Å². The smallest absolute Gasteiger partial charge is 0.419 e. The number of nitrogens with zero attached hydrogens (tertiary/aromatic N) is 2. The summed E-state index contributed by atoms with van der Waals surface area (Å²) in [5, 5.41) is 3.82. The number of nitrogens with one attached hydrogen (secondary N) is 1. The van der Waals surface area contributed by atoms with Crippen LogP contribution in [0.5, 0.6) is 5.75 Å². The minimum atomic E-state index is -0.654. The molecule has 0 radical (unpaired) electrons. The van der Waals surface area contributed by atoms with Crippen LogP contribution in [0.3, 0.4) is 0 Å². The zero-order chi connectivity index (χ0) is 23.8. The number of H-pyrrole nitrogens is 1. The lowest BCUT2D eigenvalue weighted by Gasteiger charge is -2.29. The van der Waals surface area contributed by atoms with Gasteiger partial charge in [0, 0.05) is 29.1 Å². The molecule has 1 aromatic heterocycles. The first-order chi connectivity index (χ1) is 15.7. The average Bonchev–Trinajstić information content (AvgIpc) is 3.11. The number of rotatable bonds is 4. The fourth-order valence-electron chi connectivity index (χ4n) is 4.10. The molecule has 0 saturated heterocycles. The van der Waals surface area contributed by atoms with Crippen molar-refractivity contribution in [3.8, 4) is 5.75 Å². The van der Waals surface area contributed by atoms with Crippen LogP contribution in [-0.4, -0.2) is 34.6 Å². The van der Waals surface area contributed by atoms with Crippen LogP contribution in [0.25, 0.3) is 16.5 Å². The van der Waals surface area contributed by atoms with Crippen molar-refractivity contribution >= 4 is 34.2 Å². The maximum Gasteiger partial charge on any atom is 0.419 e. The molecule has 0 unspecified atom stereocenters. The van der Waals surface area contributed by atoms with Crippen LogP contribution in [0.1, 0.15) is 39.0 Å². The van der Waals surface area contributed by atoms with Crippen LogP contribution < -0.4 is 4.74 Å².